The molecular formula is C23H25N7O2. The van der Waals surface area contributed by atoms with Gasteiger partial charge < -0.3 is 15.4 Å². The van der Waals surface area contributed by atoms with Crippen molar-refractivity contribution in [2.75, 3.05) is 41.5 Å². The van der Waals surface area contributed by atoms with Gasteiger partial charge in [-0.1, -0.05) is 18.2 Å². The van der Waals surface area contributed by atoms with E-state index in [-0.39, 0.29) is 0 Å². The third kappa shape index (κ3) is 4.08. The minimum absolute atomic E-state index is 0.603. The van der Waals surface area contributed by atoms with Crippen molar-refractivity contribution in [2.45, 2.75) is 13.1 Å². The monoisotopic (exact) mass is 431 g/mol. The minimum atomic E-state index is -0.967. The Labute approximate surface area is 186 Å². The Bertz CT molecular complexity index is 1070. The highest BCUT2D eigenvalue weighted by atomic mass is 16.4. The highest BCUT2D eigenvalue weighted by Gasteiger charge is 2.32. The van der Waals surface area contributed by atoms with Crippen molar-refractivity contribution in [2.24, 2.45) is 0 Å². The van der Waals surface area contributed by atoms with E-state index in [0.717, 1.165) is 28.3 Å². The molecule has 32 heavy (non-hydrogen) atoms. The number of benzene rings is 1. The van der Waals surface area contributed by atoms with Gasteiger partial charge in [-0.2, -0.15) is 0 Å². The second-order valence-electron chi connectivity index (χ2n) is 7.84. The molecule has 4 heterocycles. The van der Waals surface area contributed by atoms with Crippen molar-refractivity contribution in [3.8, 4) is 0 Å². The van der Waals surface area contributed by atoms with E-state index in [0.29, 0.717) is 39.3 Å². The van der Waals surface area contributed by atoms with E-state index in [4.69, 9.17) is 0 Å². The Morgan fingerprint density at radius 3 is 2.47 bits per heavy atom. The van der Waals surface area contributed by atoms with Crippen LogP contribution in [0.1, 0.15) is 11.1 Å². The van der Waals surface area contributed by atoms with Gasteiger partial charge in [-0.15, -0.1) is 0 Å². The molecule has 0 bridgehead atoms. The lowest BCUT2D eigenvalue weighted by Crippen LogP contribution is -2.56. The van der Waals surface area contributed by atoms with Crippen LogP contribution >= 0.6 is 0 Å². The van der Waals surface area contributed by atoms with E-state index in [9.17, 15) is 9.90 Å². The van der Waals surface area contributed by atoms with Crippen molar-refractivity contribution in [1.82, 2.24) is 20.0 Å². The minimum Gasteiger partial charge on any atom is -0.464 e. The number of amides is 1. The molecule has 0 atom stereocenters. The number of hydrogen-bond donors (Lipinski definition) is 2. The number of nitrogens with one attached hydrogen (secondary N) is 1. The van der Waals surface area contributed by atoms with E-state index < -0.39 is 6.09 Å². The molecule has 0 radical (unpaired) electrons. The predicted molar refractivity (Wildman–Crippen MR) is 122 cm³/mol. The zero-order chi connectivity index (χ0) is 21.9. The van der Waals surface area contributed by atoms with Gasteiger partial charge in [-0.25, -0.2) is 24.8 Å². The molecule has 9 heteroatoms. The molecule has 1 saturated heterocycles. The lowest BCUT2D eigenvalue weighted by molar-refractivity contribution is 0.164. The van der Waals surface area contributed by atoms with Crippen molar-refractivity contribution in [3.05, 3.63) is 78.2 Å². The maximum atomic E-state index is 12.3. The third-order valence-electron chi connectivity index (χ3n) is 5.85. The zero-order valence-corrected chi connectivity index (χ0v) is 17.6. The highest BCUT2D eigenvalue weighted by Crippen LogP contribution is 2.33. The predicted octanol–water partition coefficient (Wildman–Crippen LogP) is 3.04. The number of pyridine rings is 2. The Hall–Kier alpha value is -3.69. The van der Waals surface area contributed by atoms with Gasteiger partial charge >= 0.3 is 6.09 Å². The number of fused-ring (bicyclic) bond motifs is 1. The van der Waals surface area contributed by atoms with E-state index in [1.165, 1.54) is 5.01 Å². The van der Waals surface area contributed by atoms with Crippen molar-refractivity contribution in [3.63, 3.8) is 0 Å². The van der Waals surface area contributed by atoms with Gasteiger partial charge in [0.15, 0.2) is 0 Å². The van der Waals surface area contributed by atoms with Crippen LogP contribution in [-0.2, 0) is 13.1 Å². The standard InChI is InChI=1S/C23H25N7O2/c31-23(32)30(29-14-12-27(13-15-29)22-6-1-2-9-25-22)21-5-3-4-18-16-28(17-20(18)21)26-19-7-10-24-11-8-19/h1-11H,12-17H2,(H,24,26)(H,31,32). The Balaban J connectivity index is 1.33. The Kier molecular flexibility index (Phi) is 5.57. The lowest BCUT2D eigenvalue weighted by Gasteiger charge is -2.40. The summed E-state index contributed by atoms with van der Waals surface area (Å²) >= 11 is 0. The summed E-state index contributed by atoms with van der Waals surface area (Å²) in [5.74, 6) is 0.924. The summed E-state index contributed by atoms with van der Waals surface area (Å²) in [7, 11) is 0. The average Bonchev–Trinajstić information content (AvgIpc) is 3.24. The van der Waals surface area contributed by atoms with Crippen LogP contribution < -0.4 is 15.3 Å². The summed E-state index contributed by atoms with van der Waals surface area (Å²) in [4.78, 5) is 23.0. The van der Waals surface area contributed by atoms with Crippen LogP contribution in [0, 0.1) is 0 Å². The first kappa shape index (κ1) is 20.2. The molecule has 1 amide bonds. The van der Waals surface area contributed by atoms with Crippen molar-refractivity contribution < 1.29 is 9.90 Å². The number of carbonyl (C=O) groups is 1. The molecule has 2 aromatic heterocycles. The quantitative estimate of drug-likeness (QED) is 0.637. The number of piperazine rings is 1. The summed E-state index contributed by atoms with van der Waals surface area (Å²) in [6.45, 7) is 3.95. The molecule has 2 aliphatic rings. The summed E-state index contributed by atoms with van der Waals surface area (Å²) < 4.78 is 0. The van der Waals surface area contributed by atoms with Crippen LogP contribution in [0.5, 0.6) is 0 Å². The highest BCUT2D eigenvalue weighted by molar-refractivity contribution is 5.86. The van der Waals surface area contributed by atoms with Crippen LogP contribution in [-0.4, -0.2) is 57.4 Å². The second kappa shape index (κ2) is 8.81. The molecule has 5 rings (SSSR count). The fourth-order valence-corrected chi connectivity index (χ4v) is 4.33. The third-order valence-corrected chi connectivity index (χ3v) is 5.85. The molecule has 2 aliphatic heterocycles. The number of hydrogen-bond acceptors (Lipinski definition) is 7. The molecule has 9 nitrogen and oxygen atoms in total. The van der Waals surface area contributed by atoms with Gasteiger partial charge in [0.2, 0.25) is 0 Å². The van der Waals surface area contributed by atoms with Crippen LogP contribution in [0.25, 0.3) is 0 Å². The SMILES string of the molecule is O=C(O)N(c1cccc2c1CN(Nc1ccncc1)C2)N1CCN(c2ccccn2)CC1. The first-order valence-electron chi connectivity index (χ1n) is 10.7. The topological polar surface area (TPSA) is 88.1 Å². The molecule has 164 valence electrons. The number of anilines is 3. The number of nitrogens with zero attached hydrogens (tertiary/aromatic N) is 6. The molecule has 1 fully saturated rings. The van der Waals surface area contributed by atoms with E-state index in [1.54, 1.807) is 18.6 Å². The fourth-order valence-electron chi connectivity index (χ4n) is 4.33. The molecule has 2 N–H and O–H groups in total. The van der Waals surface area contributed by atoms with Crippen LogP contribution in [0.15, 0.2) is 67.1 Å². The average molecular weight is 432 g/mol. The molecular weight excluding hydrogens is 406 g/mol. The van der Waals surface area contributed by atoms with Crippen LogP contribution in [0.3, 0.4) is 0 Å². The first-order valence-corrected chi connectivity index (χ1v) is 10.7. The van der Waals surface area contributed by atoms with E-state index >= 15 is 0 Å². The summed E-state index contributed by atoms with van der Waals surface area (Å²) in [6.07, 6.45) is 4.30. The second-order valence-corrected chi connectivity index (χ2v) is 7.84. The molecule has 1 aromatic carbocycles. The summed E-state index contributed by atoms with van der Waals surface area (Å²) in [6, 6.07) is 15.6. The normalized spacial score (nSPS) is 16.6. The van der Waals surface area contributed by atoms with Gasteiger partial charge in [0.25, 0.3) is 0 Å². The van der Waals surface area contributed by atoms with Gasteiger partial charge in [-0.05, 0) is 41.5 Å². The first-order chi connectivity index (χ1) is 15.7. The molecule has 3 aromatic rings. The van der Waals surface area contributed by atoms with Crippen molar-refractivity contribution in [1.29, 1.82) is 0 Å². The van der Waals surface area contributed by atoms with Crippen molar-refractivity contribution >= 4 is 23.3 Å². The van der Waals surface area contributed by atoms with E-state index in [1.807, 2.05) is 47.5 Å². The van der Waals surface area contributed by atoms with Gasteiger partial charge in [0.05, 0.1) is 11.4 Å². The van der Waals surface area contributed by atoms with Crippen LogP contribution in [0.2, 0.25) is 0 Å². The zero-order valence-electron chi connectivity index (χ0n) is 17.6. The van der Waals surface area contributed by atoms with Gasteiger partial charge in [0, 0.05) is 57.9 Å². The Morgan fingerprint density at radius 1 is 0.938 bits per heavy atom. The van der Waals surface area contributed by atoms with Gasteiger partial charge in [0.1, 0.15) is 5.82 Å². The smallest absolute Gasteiger partial charge is 0.426 e. The molecule has 0 unspecified atom stereocenters. The molecule has 0 aliphatic carbocycles. The van der Waals surface area contributed by atoms with Gasteiger partial charge in [-0.3, -0.25) is 4.98 Å². The maximum absolute atomic E-state index is 12.3. The fraction of sp³-hybridized carbons (Fsp3) is 0.261. The number of aromatic nitrogens is 2. The molecule has 0 spiro atoms. The summed E-state index contributed by atoms with van der Waals surface area (Å²) in [5.41, 5.74) is 7.22. The lowest BCUT2D eigenvalue weighted by atomic mass is 10.1. The van der Waals surface area contributed by atoms with Crippen LogP contribution in [0.4, 0.5) is 22.0 Å². The number of rotatable bonds is 5. The number of carboxylic acid groups (broad SMARTS) is 1. The Morgan fingerprint density at radius 2 is 1.75 bits per heavy atom. The van der Waals surface area contributed by atoms with E-state index in [2.05, 4.69) is 31.4 Å². The maximum Gasteiger partial charge on any atom is 0.426 e. The molecule has 0 saturated carbocycles. The summed E-state index contributed by atoms with van der Waals surface area (Å²) in [5, 5.41) is 15.5. The largest absolute Gasteiger partial charge is 0.464 e. The number of hydrazine groups is 2.